The Morgan fingerprint density at radius 1 is 0.750 bits per heavy atom. The van der Waals surface area contributed by atoms with Gasteiger partial charge in [0.1, 0.15) is 36.2 Å². The molecule has 160 valence electrons. The van der Waals surface area contributed by atoms with Crippen molar-refractivity contribution in [2.75, 3.05) is 30.1 Å². The van der Waals surface area contributed by atoms with Crippen molar-refractivity contribution in [2.24, 2.45) is 0 Å². The van der Waals surface area contributed by atoms with Crippen LogP contribution in [0.25, 0.3) is 0 Å². The highest BCUT2D eigenvalue weighted by Crippen LogP contribution is 2.17. The molecule has 0 saturated carbocycles. The van der Waals surface area contributed by atoms with Gasteiger partial charge >= 0.3 is 23.9 Å². The second-order valence-electron chi connectivity index (χ2n) is 4.78. The van der Waals surface area contributed by atoms with Crippen molar-refractivity contribution in [2.45, 2.75) is 24.4 Å². The molecule has 0 spiro atoms. The number of rotatable bonds is 13. The van der Waals surface area contributed by atoms with Gasteiger partial charge in [-0.1, -0.05) is 0 Å². The molecule has 0 bridgehead atoms. The highest BCUT2D eigenvalue weighted by molar-refractivity contribution is 6.27. The molecule has 0 aromatic rings. The fourth-order valence-electron chi connectivity index (χ4n) is 1.72. The molecule has 0 amide bonds. The molecule has 0 saturated heterocycles. The Hall–Kier alpha value is -1.33. The van der Waals surface area contributed by atoms with Gasteiger partial charge in [-0.05, 0) is 0 Å². The van der Waals surface area contributed by atoms with Crippen molar-refractivity contribution in [1.29, 1.82) is 0 Å². The number of alkyl halides is 4. The molecule has 0 aliphatic heterocycles. The lowest BCUT2D eigenvalue weighted by Crippen LogP contribution is -2.53. The predicted octanol–water partition coefficient (Wildman–Crippen LogP) is -0.220. The third-order valence-corrected chi connectivity index (χ3v) is 3.69. The zero-order chi connectivity index (χ0) is 21.7. The van der Waals surface area contributed by atoms with E-state index in [0.29, 0.717) is 0 Å². The lowest BCUT2D eigenvalue weighted by molar-refractivity contribution is -0.194. The van der Waals surface area contributed by atoms with Crippen LogP contribution in [-0.4, -0.2) is 89.8 Å². The number of ether oxygens (including phenoxy) is 4. The number of carbonyl (C=O) groups excluding carboxylic acids is 5. The van der Waals surface area contributed by atoms with Crippen LogP contribution >= 0.6 is 46.4 Å². The summed E-state index contributed by atoms with van der Waals surface area (Å²) >= 11 is 21.3. The zero-order valence-electron chi connectivity index (χ0n) is 14.1. The Labute approximate surface area is 179 Å². The number of aliphatic hydroxyl groups excluding tert-OH is 1. The predicted molar refractivity (Wildman–Crippen MR) is 95.5 cm³/mol. The molecule has 4 atom stereocenters. The number of aliphatic hydroxyl groups is 1. The largest absolute Gasteiger partial charge is 0.462 e. The van der Waals surface area contributed by atoms with E-state index < -0.39 is 78.4 Å². The van der Waals surface area contributed by atoms with Gasteiger partial charge in [0.05, 0.1) is 0 Å². The first-order valence-corrected chi connectivity index (χ1v) is 9.49. The molecule has 0 unspecified atom stereocenters. The third-order valence-electron chi connectivity index (χ3n) is 2.82. The molecule has 0 aliphatic rings. The van der Waals surface area contributed by atoms with Crippen LogP contribution in [0.1, 0.15) is 0 Å². The molecule has 0 radical (unpaired) electrons. The van der Waals surface area contributed by atoms with E-state index in [1.165, 1.54) is 0 Å². The number of aldehydes is 1. The average Bonchev–Trinajstić information content (AvgIpc) is 2.71. The molecule has 10 nitrogen and oxygen atoms in total. The summed E-state index contributed by atoms with van der Waals surface area (Å²) in [7, 11) is 0. The molecule has 28 heavy (non-hydrogen) atoms. The van der Waals surface area contributed by atoms with Gasteiger partial charge in [0.2, 0.25) is 0 Å². The summed E-state index contributed by atoms with van der Waals surface area (Å²) in [6.07, 6.45) is -7.31. The smallest absolute Gasteiger partial charge is 0.321 e. The number of hydrogen-bond donors (Lipinski definition) is 1. The first-order chi connectivity index (χ1) is 13.2. The first kappa shape index (κ1) is 26.7. The Morgan fingerprint density at radius 3 is 1.61 bits per heavy atom. The third kappa shape index (κ3) is 9.74. The lowest BCUT2D eigenvalue weighted by atomic mass is 10.0. The van der Waals surface area contributed by atoms with Gasteiger partial charge in [-0.3, -0.25) is 24.0 Å². The van der Waals surface area contributed by atoms with Crippen LogP contribution in [-0.2, 0) is 42.9 Å². The zero-order valence-corrected chi connectivity index (χ0v) is 17.1. The Morgan fingerprint density at radius 2 is 1.18 bits per heavy atom. The summed E-state index contributed by atoms with van der Waals surface area (Å²) in [4.78, 5) is 57.1. The van der Waals surface area contributed by atoms with Crippen molar-refractivity contribution in [1.82, 2.24) is 0 Å². The van der Waals surface area contributed by atoms with Crippen LogP contribution in [0.2, 0.25) is 0 Å². The maximum atomic E-state index is 11.6. The quantitative estimate of drug-likeness (QED) is 0.161. The topological polar surface area (TPSA) is 143 Å². The highest BCUT2D eigenvalue weighted by Gasteiger charge is 2.42. The van der Waals surface area contributed by atoms with E-state index in [4.69, 9.17) is 60.6 Å². The van der Waals surface area contributed by atoms with Gasteiger partial charge in [0, 0.05) is 0 Å². The van der Waals surface area contributed by atoms with E-state index in [2.05, 4.69) is 4.74 Å². The van der Waals surface area contributed by atoms with Gasteiger partial charge in [0.15, 0.2) is 24.6 Å². The van der Waals surface area contributed by atoms with Crippen LogP contribution in [0.5, 0.6) is 0 Å². The maximum absolute atomic E-state index is 11.6. The molecule has 0 fully saturated rings. The molecule has 0 aromatic heterocycles. The normalized spacial score (nSPS) is 14.8. The van der Waals surface area contributed by atoms with Gasteiger partial charge < -0.3 is 24.1 Å². The Bertz CT molecular complexity index is 558. The molecule has 0 heterocycles. The first-order valence-electron chi connectivity index (χ1n) is 7.35. The summed E-state index contributed by atoms with van der Waals surface area (Å²) in [6, 6.07) is 0. The van der Waals surface area contributed by atoms with Crippen LogP contribution < -0.4 is 0 Å². The van der Waals surface area contributed by atoms with E-state index in [0.717, 1.165) is 0 Å². The second kappa shape index (κ2) is 14.6. The highest BCUT2D eigenvalue weighted by atomic mass is 35.5. The van der Waals surface area contributed by atoms with Gasteiger partial charge in [-0.15, -0.1) is 46.4 Å². The van der Waals surface area contributed by atoms with Crippen LogP contribution in [0.4, 0.5) is 0 Å². The minimum Gasteiger partial charge on any atom is -0.462 e. The molecule has 14 heteroatoms. The van der Waals surface area contributed by atoms with E-state index in [1.807, 2.05) is 0 Å². The second-order valence-corrected chi connectivity index (χ2v) is 5.85. The van der Waals surface area contributed by atoms with Crippen LogP contribution in [0, 0.1) is 0 Å². The number of esters is 4. The fraction of sp³-hybridized carbons (Fsp3) is 0.643. The summed E-state index contributed by atoms with van der Waals surface area (Å²) in [6.45, 7) is -0.768. The van der Waals surface area contributed by atoms with E-state index in [-0.39, 0.29) is 6.29 Å². The minimum atomic E-state index is -1.85. The molecular formula is C14H16Cl4O10. The molecular weight excluding hydrogens is 470 g/mol. The van der Waals surface area contributed by atoms with E-state index in [9.17, 15) is 29.1 Å². The monoisotopic (exact) mass is 484 g/mol. The van der Waals surface area contributed by atoms with E-state index >= 15 is 0 Å². The molecule has 1 N–H and O–H groups in total. The van der Waals surface area contributed by atoms with Crippen molar-refractivity contribution < 1.29 is 48.0 Å². The van der Waals surface area contributed by atoms with Crippen molar-refractivity contribution in [3.05, 3.63) is 0 Å². The summed E-state index contributed by atoms with van der Waals surface area (Å²) in [5.74, 6) is -6.72. The van der Waals surface area contributed by atoms with Gasteiger partial charge in [-0.2, -0.15) is 0 Å². The minimum absolute atomic E-state index is 0.0512. The van der Waals surface area contributed by atoms with Crippen molar-refractivity contribution in [3.8, 4) is 0 Å². The number of carbonyl (C=O) groups is 5. The van der Waals surface area contributed by atoms with Gasteiger partial charge in [0.25, 0.3) is 0 Å². The number of hydrogen-bond acceptors (Lipinski definition) is 10. The average molecular weight is 486 g/mol. The summed E-state index contributed by atoms with van der Waals surface area (Å²) in [5.41, 5.74) is 0. The molecule has 0 aliphatic carbocycles. The number of halogens is 4. The molecule has 0 rings (SSSR count). The van der Waals surface area contributed by atoms with Crippen LogP contribution in [0.15, 0.2) is 0 Å². The fourth-order valence-corrected chi connectivity index (χ4v) is 1.99. The van der Waals surface area contributed by atoms with E-state index in [1.54, 1.807) is 0 Å². The SMILES string of the molecule is O=C[C@H](OC(=O)CCl)[C@@H](OC(=O)CCl)[C@H](OC(=O)CCl)[C@H](O)COC(=O)CCl. The van der Waals surface area contributed by atoms with Crippen molar-refractivity contribution in [3.63, 3.8) is 0 Å². The van der Waals surface area contributed by atoms with Crippen molar-refractivity contribution >= 4 is 76.6 Å². The lowest BCUT2D eigenvalue weighted by Gasteiger charge is -2.32. The summed E-state index contributed by atoms with van der Waals surface area (Å²) < 4.78 is 19.1. The van der Waals surface area contributed by atoms with Crippen LogP contribution in [0.3, 0.4) is 0 Å². The Kier molecular flexibility index (Phi) is 13.9. The molecule has 0 aromatic carbocycles. The van der Waals surface area contributed by atoms with Gasteiger partial charge in [-0.25, -0.2) is 0 Å². The summed E-state index contributed by atoms with van der Waals surface area (Å²) in [5, 5.41) is 10.2. The Balaban J connectivity index is 5.77. The standard InChI is InChI=1S/C14H16Cl4O10/c15-1-9(21)25-6-7(20)13(27-11(23)3-17)14(28-12(24)4-18)8(5-19)26-10(22)2-16/h5,7-8,13-14,20H,1-4,6H2/t7-,8+,13-,14-/m1/s1. The maximum Gasteiger partial charge on any atom is 0.321 e.